The fourth-order valence-corrected chi connectivity index (χ4v) is 2.42. The summed E-state index contributed by atoms with van der Waals surface area (Å²) in [6, 6.07) is 7.81. The van der Waals surface area contributed by atoms with Crippen LogP contribution in [0.5, 0.6) is 5.75 Å². The molecule has 0 fully saturated rings. The first-order chi connectivity index (χ1) is 10.6. The summed E-state index contributed by atoms with van der Waals surface area (Å²) in [5, 5.41) is 12.5. The SMILES string of the molecule is Cc1ccc2c(c1)-c1onc(C(=O)N(C)CCC#N)c1CO2. The van der Waals surface area contributed by atoms with Crippen LogP contribution in [0.1, 0.15) is 28.0 Å². The summed E-state index contributed by atoms with van der Waals surface area (Å²) in [4.78, 5) is 13.9. The Kier molecular flexibility index (Phi) is 3.55. The van der Waals surface area contributed by atoms with Crippen molar-refractivity contribution in [1.82, 2.24) is 10.1 Å². The van der Waals surface area contributed by atoms with E-state index in [2.05, 4.69) is 5.16 Å². The molecule has 6 nitrogen and oxygen atoms in total. The minimum atomic E-state index is -0.264. The lowest BCUT2D eigenvalue weighted by molar-refractivity contribution is 0.0785. The molecule has 0 saturated heterocycles. The molecule has 0 saturated carbocycles. The average Bonchev–Trinajstić information content (AvgIpc) is 2.96. The number of carbonyl (C=O) groups excluding carboxylic acids is 1. The highest BCUT2D eigenvalue weighted by atomic mass is 16.5. The molecule has 3 rings (SSSR count). The molecular weight excluding hydrogens is 282 g/mol. The van der Waals surface area contributed by atoms with Crippen LogP contribution in [-0.4, -0.2) is 29.6 Å². The number of fused-ring (bicyclic) bond motifs is 3. The maximum Gasteiger partial charge on any atom is 0.276 e. The van der Waals surface area contributed by atoms with Gasteiger partial charge < -0.3 is 14.2 Å². The maximum absolute atomic E-state index is 12.4. The highest BCUT2D eigenvalue weighted by Gasteiger charge is 2.30. The lowest BCUT2D eigenvalue weighted by Crippen LogP contribution is -2.29. The zero-order valence-corrected chi connectivity index (χ0v) is 12.4. The third-order valence-electron chi connectivity index (χ3n) is 3.65. The second-order valence-corrected chi connectivity index (χ2v) is 5.26. The highest BCUT2D eigenvalue weighted by Crippen LogP contribution is 2.39. The number of rotatable bonds is 3. The average molecular weight is 297 g/mol. The van der Waals surface area contributed by atoms with E-state index in [9.17, 15) is 4.79 Å². The van der Waals surface area contributed by atoms with Crippen LogP contribution in [0.3, 0.4) is 0 Å². The molecule has 0 spiro atoms. The Labute approximate surface area is 127 Å². The minimum Gasteiger partial charge on any atom is -0.488 e. The van der Waals surface area contributed by atoms with E-state index in [1.54, 1.807) is 7.05 Å². The van der Waals surface area contributed by atoms with E-state index in [0.717, 1.165) is 16.9 Å². The monoisotopic (exact) mass is 297 g/mol. The molecule has 1 aliphatic heterocycles. The van der Waals surface area contributed by atoms with Gasteiger partial charge in [-0.05, 0) is 19.1 Å². The molecule has 0 bridgehead atoms. The van der Waals surface area contributed by atoms with Gasteiger partial charge in [0.25, 0.3) is 5.91 Å². The first-order valence-electron chi connectivity index (χ1n) is 6.96. The van der Waals surface area contributed by atoms with Crippen LogP contribution in [0.2, 0.25) is 0 Å². The van der Waals surface area contributed by atoms with Crippen LogP contribution in [0.25, 0.3) is 11.3 Å². The number of benzene rings is 1. The van der Waals surface area contributed by atoms with Gasteiger partial charge in [-0.25, -0.2) is 0 Å². The molecule has 6 heteroatoms. The normalized spacial score (nSPS) is 11.9. The molecule has 0 unspecified atom stereocenters. The zero-order chi connectivity index (χ0) is 15.7. The molecule has 0 N–H and O–H groups in total. The minimum absolute atomic E-state index is 0.252. The van der Waals surface area contributed by atoms with E-state index < -0.39 is 0 Å². The van der Waals surface area contributed by atoms with Gasteiger partial charge in [0.2, 0.25) is 0 Å². The number of amides is 1. The predicted molar refractivity (Wildman–Crippen MR) is 78.2 cm³/mol. The van der Waals surface area contributed by atoms with Gasteiger partial charge in [0.1, 0.15) is 12.4 Å². The van der Waals surface area contributed by atoms with Crippen LogP contribution in [0, 0.1) is 18.3 Å². The van der Waals surface area contributed by atoms with Crippen molar-refractivity contribution in [3.63, 3.8) is 0 Å². The first kappa shape index (κ1) is 14.1. The van der Waals surface area contributed by atoms with Crippen molar-refractivity contribution in [2.75, 3.05) is 13.6 Å². The molecule has 1 aliphatic rings. The number of nitrogens with zero attached hydrogens (tertiary/aromatic N) is 3. The van der Waals surface area contributed by atoms with Gasteiger partial charge in [-0.3, -0.25) is 4.79 Å². The number of nitriles is 1. The molecular formula is C16H15N3O3. The zero-order valence-electron chi connectivity index (χ0n) is 12.4. The van der Waals surface area contributed by atoms with Gasteiger partial charge in [-0.15, -0.1) is 0 Å². The summed E-state index contributed by atoms with van der Waals surface area (Å²) in [7, 11) is 1.64. The Morgan fingerprint density at radius 2 is 2.32 bits per heavy atom. The van der Waals surface area contributed by atoms with Crippen LogP contribution in [-0.2, 0) is 6.61 Å². The topological polar surface area (TPSA) is 79.4 Å². The lowest BCUT2D eigenvalue weighted by atomic mass is 10.0. The molecule has 22 heavy (non-hydrogen) atoms. The molecule has 0 radical (unpaired) electrons. The molecule has 1 aromatic heterocycles. The van der Waals surface area contributed by atoms with Gasteiger partial charge in [0.15, 0.2) is 11.5 Å². The molecule has 1 amide bonds. The van der Waals surface area contributed by atoms with Crippen LogP contribution in [0.15, 0.2) is 22.7 Å². The molecule has 2 heterocycles. The largest absolute Gasteiger partial charge is 0.488 e. The van der Waals surface area contributed by atoms with E-state index >= 15 is 0 Å². The number of ether oxygens (including phenoxy) is 1. The smallest absolute Gasteiger partial charge is 0.276 e. The summed E-state index contributed by atoms with van der Waals surface area (Å²) in [6.07, 6.45) is 0.279. The van der Waals surface area contributed by atoms with Crippen molar-refractivity contribution < 1.29 is 14.1 Å². The van der Waals surface area contributed by atoms with Gasteiger partial charge in [0, 0.05) is 13.6 Å². The van der Waals surface area contributed by atoms with Gasteiger partial charge in [-0.1, -0.05) is 16.8 Å². The van der Waals surface area contributed by atoms with Gasteiger partial charge in [0.05, 0.1) is 23.6 Å². The molecule has 1 aromatic carbocycles. The van der Waals surface area contributed by atoms with Crippen molar-refractivity contribution in [1.29, 1.82) is 5.26 Å². The lowest BCUT2D eigenvalue weighted by Gasteiger charge is -2.18. The Hall–Kier alpha value is -2.81. The van der Waals surface area contributed by atoms with Crippen LogP contribution >= 0.6 is 0 Å². The van der Waals surface area contributed by atoms with Gasteiger partial charge in [-0.2, -0.15) is 5.26 Å². The summed E-state index contributed by atoms with van der Waals surface area (Å²) in [5.74, 6) is 1.05. The van der Waals surface area contributed by atoms with Crippen molar-refractivity contribution in [3.05, 3.63) is 35.0 Å². The maximum atomic E-state index is 12.4. The van der Waals surface area contributed by atoms with Crippen molar-refractivity contribution in [3.8, 4) is 23.1 Å². The van der Waals surface area contributed by atoms with E-state index in [1.165, 1.54) is 4.90 Å². The third kappa shape index (κ3) is 2.31. The Morgan fingerprint density at radius 1 is 1.50 bits per heavy atom. The van der Waals surface area contributed by atoms with E-state index in [0.29, 0.717) is 17.9 Å². The van der Waals surface area contributed by atoms with E-state index in [1.807, 2.05) is 31.2 Å². The van der Waals surface area contributed by atoms with Crippen molar-refractivity contribution in [2.24, 2.45) is 0 Å². The fraction of sp³-hybridized carbons (Fsp3) is 0.312. The number of carbonyl (C=O) groups is 1. The summed E-state index contributed by atoms with van der Waals surface area (Å²) in [6.45, 7) is 2.59. The highest BCUT2D eigenvalue weighted by molar-refractivity contribution is 5.95. The Morgan fingerprint density at radius 3 is 3.09 bits per heavy atom. The van der Waals surface area contributed by atoms with E-state index in [4.69, 9.17) is 14.5 Å². The van der Waals surface area contributed by atoms with E-state index in [-0.39, 0.29) is 24.6 Å². The first-order valence-corrected chi connectivity index (χ1v) is 6.96. The Bertz CT molecular complexity index is 773. The number of aromatic nitrogens is 1. The van der Waals surface area contributed by atoms with Crippen LogP contribution < -0.4 is 4.74 Å². The van der Waals surface area contributed by atoms with Crippen molar-refractivity contribution in [2.45, 2.75) is 20.0 Å². The second-order valence-electron chi connectivity index (χ2n) is 5.26. The second kappa shape index (κ2) is 5.53. The number of hydrogen-bond acceptors (Lipinski definition) is 5. The molecule has 0 aliphatic carbocycles. The molecule has 0 atom stereocenters. The summed E-state index contributed by atoms with van der Waals surface area (Å²) < 4.78 is 11.1. The quantitative estimate of drug-likeness (QED) is 0.869. The third-order valence-corrected chi connectivity index (χ3v) is 3.65. The molecule has 112 valence electrons. The summed E-state index contributed by atoms with van der Waals surface area (Å²) in [5.41, 5.74) is 2.80. The summed E-state index contributed by atoms with van der Waals surface area (Å²) >= 11 is 0. The molecule has 2 aromatic rings. The Balaban J connectivity index is 1.96. The number of hydrogen-bond donors (Lipinski definition) is 0. The predicted octanol–water partition coefficient (Wildman–Crippen LogP) is 2.53. The van der Waals surface area contributed by atoms with Crippen molar-refractivity contribution >= 4 is 5.91 Å². The standard InChI is InChI=1S/C16H15N3O3/c1-10-4-5-13-11(8-10)15-12(9-21-13)14(18-22-15)16(20)19(2)7-3-6-17/h4-5,8H,3,7,9H2,1-2H3. The van der Waals surface area contributed by atoms with Crippen LogP contribution in [0.4, 0.5) is 0 Å². The fourth-order valence-electron chi connectivity index (χ4n) is 2.42. The number of aryl methyl sites for hydroxylation is 1. The van der Waals surface area contributed by atoms with Gasteiger partial charge >= 0.3 is 0 Å².